The largest absolute Gasteiger partial charge is 0.416 e. The van der Waals surface area contributed by atoms with Gasteiger partial charge in [-0.05, 0) is 55.2 Å². The van der Waals surface area contributed by atoms with Crippen molar-refractivity contribution in [2.45, 2.75) is 31.0 Å². The molecule has 0 aliphatic carbocycles. The van der Waals surface area contributed by atoms with Crippen molar-refractivity contribution < 1.29 is 22.8 Å². The highest BCUT2D eigenvalue weighted by molar-refractivity contribution is 5.97. The van der Waals surface area contributed by atoms with Gasteiger partial charge in [0.2, 0.25) is 0 Å². The van der Waals surface area contributed by atoms with E-state index in [1.54, 1.807) is 4.90 Å². The first kappa shape index (κ1) is 19.3. The predicted octanol–water partition coefficient (Wildman–Crippen LogP) is 4.06. The minimum atomic E-state index is -4.41. The second-order valence-electron chi connectivity index (χ2n) is 7.56. The van der Waals surface area contributed by atoms with E-state index in [0.29, 0.717) is 37.2 Å². The van der Waals surface area contributed by atoms with Crippen LogP contribution in [0.5, 0.6) is 0 Å². The third kappa shape index (κ3) is 3.92. The third-order valence-electron chi connectivity index (χ3n) is 5.64. The second-order valence-corrected chi connectivity index (χ2v) is 7.56. The molecule has 4 rings (SSSR count). The molecule has 0 atom stereocenters. The Morgan fingerprint density at radius 1 is 1.03 bits per heavy atom. The second kappa shape index (κ2) is 7.09. The molecule has 2 aromatic rings. The highest BCUT2D eigenvalue weighted by Crippen LogP contribution is 2.32. The number of alkyl halides is 3. The summed E-state index contributed by atoms with van der Waals surface area (Å²) in [5.74, 6) is -0.0884. The molecule has 0 bridgehead atoms. The van der Waals surface area contributed by atoms with Gasteiger partial charge in [0.1, 0.15) is 0 Å². The van der Waals surface area contributed by atoms with Gasteiger partial charge in [0.05, 0.1) is 5.56 Å². The van der Waals surface area contributed by atoms with Crippen LogP contribution < -0.4 is 10.6 Å². The van der Waals surface area contributed by atoms with Gasteiger partial charge in [-0.2, -0.15) is 13.2 Å². The van der Waals surface area contributed by atoms with E-state index in [4.69, 9.17) is 0 Å². The minimum absolute atomic E-state index is 0.0884. The number of rotatable bonds is 1. The van der Waals surface area contributed by atoms with Crippen LogP contribution in [0.3, 0.4) is 0 Å². The van der Waals surface area contributed by atoms with Crippen molar-refractivity contribution in [3.63, 3.8) is 0 Å². The molecule has 1 fully saturated rings. The number of fused-ring (bicyclic) bond motifs is 1. The monoisotopic (exact) mass is 403 g/mol. The molecule has 3 amide bonds. The molecular formula is C21H20F3N3O2. The minimum Gasteiger partial charge on any atom is -0.346 e. The molecule has 8 heteroatoms. The molecule has 2 heterocycles. The number of hydrogen-bond donors (Lipinski definition) is 2. The molecule has 0 radical (unpaired) electrons. The van der Waals surface area contributed by atoms with Gasteiger partial charge in [0.25, 0.3) is 5.91 Å². The summed E-state index contributed by atoms with van der Waals surface area (Å²) in [5, 5.41) is 5.75. The number of nitrogens with one attached hydrogen (secondary N) is 2. The van der Waals surface area contributed by atoms with Crippen LogP contribution in [0.4, 0.5) is 23.7 Å². The van der Waals surface area contributed by atoms with Crippen LogP contribution in [0, 0.1) is 0 Å². The van der Waals surface area contributed by atoms with Gasteiger partial charge in [-0.3, -0.25) is 4.79 Å². The van der Waals surface area contributed by atoms with E-state index >= 15 is 0 Å². The van der Waals surface area contributed by atoms with Crippen LogP contribution in [-0.2, 0) is 12.6 Å². The van der Waals surface area contributed by atoms with Crippen LogP contribution in [0.2, 0.25) is 0 Å². The van der Waals surface area contributed by atoms with Crippen molar-refractivity contribution in [2.75, 3.05) is 18.4 Å². The van der Waals surface area contributed by atoms with Crippen molar-refractivity contribution in [1.29, 1.82) is 0 Å². The number of benzene rings is 2. The van der Waals surface area contributed by atoms with Crippen LogP contribution in [-0.4, -0.2) is 35.5 Å². The highest BCUT2D eigenvalue weighted by atomic mass is 19.4. The van der Waals surface area contributed by atoms with Crippen molar-refractivity contribution >= 4 is 17.6 Å². The maximum Gasteiger partial charge on any atom is 0.416 e. The van der Waals surface area contributed by atoms with Crippen LogP contribution in [0.25, 0.3) is 0 Å². The molecule has 2 aliphatic rings. The van der Waals surface area contributed by atoms with Gasteiger partial charge in [-0.15, -0.1) is 0 Å². The zero-order chi connectivity index (χ0) is 20.6. The number of anilines is 1. The number of nitrogens with zero attached hydrogens (tertiary/aromatic N) is 1. The predicted molar refractivity (Wildman–Crippen MR) is 102 cm³/mol. The van der Waals surface area contributed by atoms with E-state index in [9.17, 15) is 22.8 Å². The lowest BCUT2D eigenvalue weighted by molar-refractivity contribution is -0.137. The first-order valence-corrected chi connectivity index (χ1v) is 9.39. The average Bonchev–Trinajstić information content (AvgIpc) is 2.68. The maximum absolute atomic E-state index is 12.6. The number of carbonyl (C=O) groups excluding carboxylic acids is 2. The molecule has 0 unspecified atom stereocenters. The fraction of sp³-hybridized carbons (Fsp3) is 0.333. The molecule has 1 saturated heterocycles. The number of hydrogen-bond acceptors (Lipinski definition) is 2. The highest BCUT2D eigenvalue weighted by Gasteiger charge is 2.41. The Kier molecular flexibility index (Phi) is 4.72. The van der Waals surface area contributed by atoms with E-state index in [1.807, 2.05) is 24.3 Å². The Bertz CT molecular complexity index is 933. The average molecular weight is 403 g/mol. The first-order chi connectivity index (χ1) is 13.8. The number of carbonyl (C=O) groups is 2. The summed E-state index contributed by atoms with van der Waals surface area (Å²) in [7, 11) is 0. The fourth-order valence-electron chi connectivity index (χ4n) is 4.00. The molecule has 2 N–H and O–H groups in total. The van der Waals surface area contributed by atoms with Gasteiger partial charge in [-0.25, -0.2) is 4.79 Å². The molecule has 2 aliphatic heterocycles. The number of likely N-dealkylation sites (tertiary alicyclic amines) is 1. The van der Waals surface area contributed by atoms with Crippen molar-refractivity contribution in [3.8, 4) is 0 Å². The van der Waals surface area contributed by atoms with Crippen LogP contribution in [0.15, 0.2) is 48.5 Å². The van der Waals surface area contributed by atoms with E-state index in [1.165, 1.54) is 12.1 Å². The first-order valence-electron chi connectivity index (χ1n) is 9.39. The van der Waals surface area contributed by atoms with Crippen molar-refractivity contribution in [2.24, 2.45) is 0 Å². The summed E-state index contributed by atoms with van der Waals surface area (Å²) in [4.78, 5) is 26.5. The van der Waals surface area contributed by atoms with Crippen molar-refractivity contribution in [1.82, 2.24) is 10.2 Å². The molecule has 2 aromatic carbocycles. The zero-order valence-corrected chi connectivity index (χ0v) is 15.6. The summed E-state index contributed by atoms with van der Waals surface area (Å²) in [6.45, 7) is 0.907. The lowest BCUT2D eigenvalue weighted by Crippen LogP contribution is -2.59. The Labute approximate surface area is 165 Å². The zero-order valence-electron chi connectivity index (χ0n) is 15.6. The van der Waals surface area contributed by atoms with E-state index < -0.39 is 11.7 Å². The summed E-state index contributed by atoms with van der Waals surface area (Å²) in [6.07, 6.45) is -2.45. The summed E-state index contributed by atoms with van der Waals surface area (Å²) in [6, 6.07) is 11.5. The maximum atomic E-state index is 12.6. The smallest absolute Gasteiger partial charge is 0.346 e. The van der Waals surface area contributed by atoms with E-state index in [2.05, 4.69) is 10.6 Å². The molecule has 152 valence electrons. The third-order valence-corrected chi connectivity index (χ3v) is 5.64. The van der Waals surface area contributed by atoms with E-state index in [0.717, 1.165) is 24.1 Å². The summed E-state index contributed by atoms with van der Waals surface area (Å²) < 4.78 is 37.9. The quantitative estimate of drug-likeness (QED) is 0.755. The number of urea groups is 1. The molecule has 1 spiro atoms. The topological polar surface area (TPSA) is 61.4 Å². The van der Waals surface area contributed by atoms with Gasteiger partial charge >= 0.3 is 12.2 Å². The fourth-order valence-corrected chi connectivity index (χ4v) is 4.00. The summed E-state index contributed by atoms with van der Waals surface area (Å²) >= 11 is 0. The number of halogens is 3. The summed E-state index contributed by atoms with van der Waals surface area (Å²) in [5.41, 5.74) is 0.891. The Morgan fingerprint density at radius 3 is 2.34 bits per heavy atom. The number of amides is 3. The molecular weight excluding hydrogens is 383 g/mol. The standard InChI is InChI=1S/C21H20F3N3O2/c22-21(23,24)15-5-7-16(8-6-15)25-19(29)27-11-9-20(10-12-27)13-14-3-1-2-4-17(14)18(28)26-20/h1-8H,9-13H2,(H,25,29)(H,26,28). The van der Waals surface area contributed by atoms with E-state index in [-0.39, 0.29) is 17.5 Å². The van der Waals surface area contributed by atoms with Gasteiger partial charge in [0.15, 0.2) is 0 Å². The van der Waals surface area contributed by atoms with Crippen molar-refractivity contribution in [3.05, 3.63) is 65.2 Å². The molecule has 29 heavy (non-hydrogen) atoms. The normalized spacial score (nSPS) is 18.2. The van der Waals surface area contributed by atoms with Crippen LogP contribution >= 0.6 is 0 Å². The number of piperidine rings is 1. The van der Waals surface area contributed by atoms with Gasteiger partial charge in [0, 0.05) is 29.9 Å². The van der Waals surface area contributed by atoms with Crippen LogP contribution in [0.1, 0.15) is 34.3 Å². The Morgan fingerprint density at radius 2 is 1.69 bits per heavy atom. The lowest BCUT2D eigenvalue weighted by Gasteiger charge is -2.44. The van der Waals surface area contributed by atoms with Gasteiger partial charge in [-0.1, -0.05) is 18.2 Å². The Balaban J connectivity index is 1.37. The SMILES string of the molecule is O=C1NC2(CCN(C(=O)Nc3ccc(C(F)(F)F)cc3)CC2)Cc2ccccc21. The van der Waals surface area contributed by atoms with Gasteiger partial charge < -0.3 is 15.5 Å². The molecule has 0 aromatic heterocycles. The molecule has 5 nitrogen and oxygen atoms in total. The molecule has 0 saturated carbocycles. The lowest BCUT2D eigenvalue weighted by atomic mass is 9.78. The Hall–Kier alpha value is -3.03.